The molecule has 1 fully saturated rings. The third-order valence-electron chi connectivity index (χ3n) is 1.94. The maximum Gasteiger partial charge on any atom is 0.332 e. The van der Waals surface area contributed by atoms with Gasteiger partial charge in [-0.1, -0.05) is 0 Å². The van der Waals surface area contributed by atoms with Crippen molar-refractivity contribution in [1.82, 2.24) is 5.06 Å². The first-order valence-corrected chi connectivity index (χ1v) is 7.21. The predicted molar refractivity (Wildman–Crippen MR) is 59.0 cm³/mol. The summed E-state index contributed by atoms with van der Waals surface area (Å²) in [5, 5.41) is 10.0. The predicted octanol–water partition coefficient (Wildman–Crippen LogP) is 0.899. The molecule has 0 saturated carbocycles. The third-order valence-corrected chi connectivity index (χ3v) is 3.24. The average molecular weight is 328 g/mol. The largest absolute Gasteiger partial charge is 0.370 e. The molecule has 7 heteroatoms. The molecule has 1 atom stereocenters. The molecule has 1 aliphatic rings. The van der Waals surface area contributed by atoms with E-state index in [4.69, 9.17) is 8.40 Å². The van der Waals surface area contributed by atoms with Gasteiger partial charge >= 0.3 is 5.97 Å². The Balaban J connectivity index is 2.30. The Morgan fingerprint density at radius 3 is 3.00 bits per heavy atom. The minimum atomic E-state index is -0.995. The number of nitrogens with zero attached hydrogens (tertiary/aromatic N) is 1. The summed E-state index contributed by atoms with van der Waals surface area (Å²) in [5.41, 5.74) is 0. The zero-order chi connectivity index (χ0) is 11.3. The van der Waals surface area contributed by atoms with E-state index in [1.165, 1.54) is 0 Å². The number of carbonyl (C=O) groups excluding carboxylic acids is 2. The quantitative estimate of drug-likeness (QED) is 0.446. The number of carbonyl (C=O) groups is 2. The summed E-state index contributed by atoms with van der Waals surface area (Å²) in [7, 11) is 0. The molecule has 0 spiro atoms. The summed E-state index contributed by atoms with van der Waals surface area (Å²) in [5.74, 6) is -0.870. The minimum Gasteiger partial charge on any atom is -0.370 e. The number of halogens is 1. The maximum absolute atomic E-state index is 11.2. The Morgan fingerprint density at radius 1 is 1.73 bits per heavy atom. The van der Waals surface area contributed by atoms with Crippen LogP contribution in [-0.4, -0.2) is 32.7 Å². The second-order valence-electron chi connectivity index (χ2n) is 3.13. The molecule has 15 heavy (non-hydrogen) atoms. The number of alkyl halides is 1. The van der Waals surface area contributed by atoms with Crippen molar-refractivity contribution in [1.29, 1.82) is 3.56 Å². The summed E-state index contributed by atoms with van der Waals surface area (Å²) in [4.78, 5) is 27.0. The van der Waals surface area contributed by atoms with E-state index >= 15 is 0 Å². The summed E-state index contributed by atoms with van der Waals surface area (Å²) in [6, 6.07) is 0. The zero-order valence-electron chi connectivity index (χ0n) is 8.11. The number of hydrogen-bond acceptors (Lipinski definition) is 5. The van der Waals surface area contributed by atoms with Crippen molar-refractivity contribution in [3.63, 3.8) is 0 Å². The van der Waals surface area contributed by atoms with Crippen LogP contribution in [-0.2, 0) is 14.4 Å². The fourth-order valence-electron chi connectivity index (χ4n) is 1.19. The highest BCUT2D eigenvalue weighted by Crippen LogP contribution is 2.17. The van der Waals surface area contributed by atoms with E-state index < -0.39 is 33.2 Å². The van der Waals surface area contributed by atoms with Crippen LogP contribution in [0.1, 0.15) is 25.7 Å². The van der Waals surface area contributed by atoms with Crippen LogP contribution >= 0.6 is 21.0 Å². The molecule has 1 amide bonds. The van der Waals surface area contributed by atoms with Gasteiger partial charge in [0, 0.05) is 23.7 Å². The second-order valence-corrected chi connectivity index (χ2v) is 4.97. The Morgan fingerprint density at radius 2 is 2.47 bits per heavy atom. The Labute approximate surface area is 97.5 Å². The lowest BCUT2D eigenvalue weighted by Gasteiger charge is -2.18. The lowest BCUT2D eigenvalue weighted by molar-refractivity contribution is -0.220. The van der Waals surface area contributed by atoms with E-state index in [1.807, 2.05) is 0 Å². The molecule has 6 nitrogen and oxygen atoms in total. The van der Waals surface area contributed by atoms with E-state index in [0.29, 0.717) is 12.8 Å². The van der Waals surface area contributed by atoms with Crippen LogP contribution < -0.4 is 0 Å². The number of hydroxylamine groups is 2. The molecule has 1 rings (SSSR count). The number of nitrogens with one attached hydrogen (secondary N) is 1. The second kappa shape index (κ2) is 6.11. The van der Waals surface area contributed by atoms with Crippen LogP contribution in [0, 0.1) is 3.56 Å². The highest BCUT2D eigenvalue weighted by atomic mass is 127. The SMILES string of the molecule is N=ICCCC(=O)ON1C(=O)CCC1O. The van der Waals surface area contributed by atoms with Crippen molar-refractivity contribution in [2.24, 2.45) is 0 Å². The number of rotatable bonds is 5. The van der Waals surface area contributed by atoms with Crippen LogP contribution in [0.2, 0.25) is 0 Å². The lowest BCUT2D eigenvalue weighted by Crippen LogP contribution is -2.35. The molecule has 1 heterocycles. The molecule has 1 aliphatic heterocycles. The molecule has 86 valence electrons. The molecule has 0 aromatic carbocycles. The van der Waals surface area contributed by atoms with Gasteiger partial charge in [0.05, 0.1) is 0 Å². The van der Waals surface area contributed by atoms with Gasteiger partial charge < -0.3 is 9.94 Å². The van der Waals surface area contributed by atoms with Gasteiger partial charge in [-0.15, -0.1) is 5.06 Å². The van der Waals surface area contributed by atoms with Gasteiger partial charge in [0.2, 0.25) is 0 Å². The first kappa shape index (κ1) is 12.5. The van der Waals surface area contributed by atoms with Gasteiger partial charge in [-0.3, -0.25) is 8.36 Å². The topological polar surface area (TPSA) is 90.7 Å². The number of amides is 1. The Bertz CT molecular complexity index is 271. The molecule has 0 aromatic rings. The fourth-order valence-corrected chi connectivity index (χ4v) is 1.95. The standard InChI is InChI=1S/C8H13IN2O4/c10-9-5-1-2-8(14)15-11-6(12)3-4-7(11)13/h6,10,12H,1-5H2. The van der Waals surface area contributed by atoms with Gasteiger partial charge in [0.15, 0.2) is 6.23 Å². The summed E-state index contributed by atoms with van der Waals surface area (Å²) in [6.07, 6.45) is 0.352. The van der Waals surface area contributed by atoms with Crippen LogP contribution in [0.25, 0.3) is 0 Å². The average Bonchev–Trinajstić information content (AvgIpc) is 2.50. The van der Waals surface area contributed by atoms with Crippen molar-refractivity contribution in [3.05, 3.63) is 0 Å². The van der Waals surface area contributed by atoms with E-state index in [2.05, 4.69) is 0 Å². The first-order chi connectivity index (χ1) is 7.15. The van der Waals surface area contributed by atoms with Crippen molar-refractivity contribution >= 4 is 32.9 Å². The van der Waals surface area contributed by atoms with E-state index in [-0.39, 0.29) is 18.7 Å². The lowest BCUT2D eigenvalue weighted by atomic mass is 10.3. The normalized spacial score (nSPS) is 20.7. The van der Waals surface area contributed by atoms with Gasteiger partial charge in [-0.2, -0.15) is 0 Å². The van der Waals surface area contributed by atoms with Crippen molar-refractivity contribution < 1.29 is 19.5 Å². The van der Waals surface area contributed by atoms with E-state index in [1.54, 1.807) is 0 Å². The summed E-state index contributed by atoms with van der Waals surface area (Å²) >= 11 is -0.547. The zero-order valence-corrected chi connectivity index (χ0v) is 10.3. The fraction of sp³-hybridized carbons (Fsp3) is 0.750. The molecule has 0 aromatic heterocycles. The molecule has 0 bridgehead atoms. The maximum atomic E-state index is 11.2. The monoisotopic (exact) mass is 328 g/mol. The molecular formula is C8H13IN2O4. The summed E-state index contributed by atoms with van der Waals surface area (Å²) < 4.78 is 7.73. The van der Waals surface area contributed by atoms with Gasteiger partial charge in [0.1, 0.15) is 0 Å². The molecule has 0 aliphatic carbocycles. The van der Waals surface area contributed by atoms with Crippen molar-refractivity contribution in [2.75, 3.05) is 4.43 Å². The van der Waals surface area contributed by atoms with Gasteiger partial charge in [0.25, 0.3) is 5.91 Å². The van der Waals surface area contributed by atoms with Crippen LogP contribution in [0.4, 0.5) is 0 Å². The van der Waals surface area contributed by atoms with Crippen molar-refractivity contribution in [2.45, 2.75) is 31.9 Å². The van der Waals surface area contributed by atoms with E-state index in [0.717, 1.165) is 9.49 Å². The minimum absolute atomic E-state index is 0.203. The molecule has 0 radical (unpaired) electrons. The van der Waals surface area contributed by atoms with Gasteiger partial charge in [-0.05, 0) is 27.5 Å². The molecule has 1 unspecified atom stereocenters. The van der Waals surface area contributed by atoms with Crippen LogP contribution in [0.15, 0.2) is 0 Å². The van der Waals surface area contributed by atoms with Crippen molar-refractivity contribution in [3.8, 4) is 0 Å². The number of aliphatic hydroxyl groups excluding tert-OH is 1. The highest BCUT2D eigenvalue weighted by molar-refractivity contribution is 14.1. The van der Waals surface area contributed by atoms with Gasteiger partial charge in [-0.25, -0.2) is 4.79 Å². The summed E-state index contributed by atoms with van der Waals surface area (Å²) in [6.45, 7) is 0. The molecular weight excluding hydrogens is 315 g/mol. The van der Waals surface area contributed by atoms with Crippen LogP contribution in [0.5, 0.6) is 0 Å². The van der Waals surface area contributed by atoms with E-state index in [9.17, 15) is 14.7 Å². The first-order valence-electron chi connectivity index (χ1n) is 4.61. The number of aliphatic hydroxyl groups is 1. The molecule has 2 N–H and O–H groups in total. The highest BCUT2D eigenvalue weighted by Gasteiger charge is 2.32. The smallest absolute Gasteiger partial charge is 0.332 e. The third kappa shape index (κ3) is 3.82. The Hall–Kier alpha value is -0.570. The number of hydrogen-bond donors (Lipinski definition) is 2. The Kier molecular flexibility index (Phi) is 5.09. The molecule has 1 saturated heterocycles. The van der Waals surface area contributed by atoms with Crippen LogP contribution in [0.3, 0.4) is 0 Å².